The van der Waals surface area contributed by atoms with Crippen LogP contribution < -0.4 is 0 Å². The van der Waals surface area contributed by atoms with Crippen LogP contribution in [0.5, 0.6) is 0 Å². The second-order valence-electron chi connectivity index (χ2n) is 3.87. The molecule has 1 aromatic heterocycles. The lowest BCUT2D eigenvalue weighted by Gasteiger charge is -2.13. The predicted octanol–water partition coefficient (Wildman–Crippen LogP) is 2.28. The molecule has 1 heterocycles. The predicted molar refractivity (Wildman–Crippen MR) is 65.9 cm³/mol. The molecule has 0 radical (unpaired) electrons. The van der Waals surface area contributed by atoms with E-state index in [0.717, 1.165) is 5.69 Å². The first-order chi connectivity index (χ1) is 8.65. The van der Waals surface area contributed by atoms with E-state index in [-0.39, 0.29) is 11.7 Å². The smallest absolute Gasteiger partial charge is 0.339 e. The number of aromatic nitrogens is 2. The molecule has 0 bridgehead atoms. The standard InChI is InChI=1S/C13H14N2O3/c1-9(18-2)12-11(13(16)17)8-14-15(12)10-6-4-3-5-7-10/h3-9H,1-2H3,(H,16,17)/t9-/m0/s1. The van der Waals surface area contributed by atoms with Gasteiger partial charge in [-0.2, -0.15) is 5.10 Å². The summed E-state index contributed by atoms with van der Waals surface area (Å²) in [6.07, 6.45) is 0.999. The van der Waals surface area contributed by atoms with Gasteiger partial charge < -0.3 is 9.84 Å². The molecular weight excluding hydrogens is 232 g/mol. The van der Waals surface area contributed by atoms with Crippen LogP contribution in [0.15, 0.2) is 36.5 Å². The number of benzene rings is 1. The number of carboxylic acid groups (broad SMARTS) is 1. The molecule has 94 valence electrons. The third-order valence-electron chi connectivity index (χ3n) is 2.78. The molecule has 0 saturated heterocycles. The Balaban J connectivity index is 2.58. The van der Waals surface area contributed by atoms with Crippen LogP contribution in [0.3, 0.4) is 0 Å². The summed E-state index contributed by atoms with van der Waals surface area (Å²) in [6.45, 7) is 1.79. The largest absolute Gasteiger partial charge is 0.478 e. The van der Waals surface area contributed by atoms with Crippen molar-refractivity contribution in [1.82, 2.24) is 9.78 Å². The van der Waals surface area contributed by atoms with Crippen LogP contribution in [0.4, 0.5) is 0 Å². The highest BCUT2D eigenvalue weighted by molar-refractivity contribution is 5.89. The molecule has 5 heteroatoms. The Kier molecular flexibility index (Phi) is 3.43. The third kappa shape index (κ3) is 2.12. The zero-order chi connectivity index (χ0) is 13.1. The fourth-order valence-corrected chi connectivity index (χ4v) is 1.80. The van der Waals surface area contributed by atoms with Gasteiger partial charge in [0, 0.05) is 7.11 Å². The highest BCUT2D eigenvalue weighted by Crippen LogP contribution is 2.23. The van der Waals surface area contributed by atoms with Gasteiger partial charge in [0.2, 0.25) is 0 Å². The summed E-state index contributed by atoms with van der Waals surface area (Å²) < 4.78 is 6.82. The van der Waals surface area contributed by atoms with Crippen molar-refractivity contribution in [3.05, 3.63) is 47.8 Å². The molecule has 0 amide bonds. The Morgan fingerprint density at radius 3 is 2.61 bits per heavy atom. The first kappa shape index (κ1) is 12.3. The zero-order valence-electron chi connectivity index (χ0n) is 10.2. The lowest BCUT2D eigenvalue weighted by atomic mass is 10.1. The topological polar surface area (TPSA) is 64.3 Å². The number of ether oxygens (including phenoxy) is 1. The highest BCUT2D eigenvalue weighted by Gasteiger charge is 2.22. The molecule has 0 fully saturated rings. The average Bonchev–Trinajstić information content (AvgIpc) is 2.83. The van der Waals surface area contributed by atoms with Gasteiger partial charge in [-0.15, -0.1) is 0 Å². The minimum absolute atomic E-state index is 0.160. The summed E-state index contributed by atoms with van der Waals surface area (Å²) in [4.78, 5) is 11.2. The summed E-state index contributed by atoms with van der Waals surface area (Å²) in [6, 6.07) is 9.37. The van der Waals surface area contributed by atoms with E-state index in [0.29, 0.717) is 5.69 Å². The number of hydrogen-bond acceptors (Lipinski definition) is 3. The number of para-hydroxylation sites is 1. The van der Waals surface area contributed by atoms with Gasteiger partial charge in [-0.25, -0.2) is 9.48 Å². The Morgan fingerprint density at radius 1 is 1.39 bits per heavy atom. The van der Waals surface area contributed by atoms with Crippen LogP contribution in [0.25, 0.3) is 5.69 Å². The molecule has 0 spiro atoms. The van der Waals surface area contributed by atoms with Gasteiger partial charge in [0.05, 0.1) is 23.7 Å². The monoisotopic (exact) mass is 246 g/mol. The van der Waals surface area contributed by atoms with Gasteiger partial charge in [-0.3, -0.25) is 0 Å². The van der Waals surface area contributed by atoms with Crippen LogP contribution >= 0.6 is 0 Å². The van der Waals surface area contributed by atoms with Crippen molar-refractivity contribution >= 4 is 5.97 Å². The summed E-state index contributed by atoms with van der Waals surface area (Å²) in [7, 11) is 1.54. The van der Waals surface area contributed by atoms with Gasteiger partial charge in [-0.1, -0.05) is 18.2 Å². The van der Waals surface area contributed by atoms with Crippen LogP contribution in [0, 0.1) is 0 Å². The quantitative estimate of drug-likeness (QED) is 0.898. The van der Waals surface area contributed by atoms with E-state index in [1.54, 1.807) is 18.7 Å². The van der Waals surface area contributed by atoms with Crippen molar-refractivity contribution in [3.8, 4) is 5.69 Å². The number of nitrogens with zero attached hydrogens (tertiary/aromatic N) is 2. The van der Waals surface area contributed by atoms with Crippen LogP contribution in [-0.4, -0.2) is 28.0 Å². The van der Waals surface area contributed by atoms with Gasteiger partial charge >= 0.3 is 5.97 Å². The molecule has 1 atom stereocenters. The fourth-order valence-electron chi connectivity index (χ4n) is 1.80. The van der Waals surface area contributed by atoms with Crippen molar-refractivity contribution in [3.63, 3.8) is 0 Å². The first-order valence-electron chi connectivity index (χ1n) is 5.54. The summed E-state index contributed by atoms with van der Waals surface area (Å²) >= 11 is 0. The van der Waals surface area contributed by atoms with Crippen molar-refractivity contribution in [2.45, 2.75) is 13.0 Å². The Labute approximate surface area is 105 Å². The zero-order valence-corrected chi connectivity index (χ0v) is 10.2. The van der Waals surface area contributed by atoms with E-state index in [1.165, 1.54) is 6.20 Å². The maximum absolute atomic E-state index is 11.2. The van der Waals surface area contributed by atoms with Gasteiger partial charge in [0.25, 0.3) is 0 Å². The van der Waals surface area contributed by atoms with Crippen LogP contribution in [0.2, 0.25) is 0 Å². The number of hydrogen-bond donors (Lipinski definition) is 1. The van der Waals surface area contributed by atoms with Crippen molar-refractivity contribution in [2.24, 2.45) is 0 Å². The minimum atomic E-state index is -1.00. The second kappa shape index (κ2) is 5.01. The molecule has 2 aromatic rings. The number of rotatable bonds is 4. The lowest BCUT2D eigenvalue weighted by Crippen LogP contribution is -2.11. The fraction of sp³-hybridized carbons (Fsp3) is 0.231. The van der Waals surface area contributed by atoms with Crippen LogP contribution in [0.1, 0.15) is 29.1 Å². The average molecular weight is 246 g/mol. The molecule has 0 saturated carbocycles. The van der Waals surface area contributed by atoms with E-state index in [9.17, 15) is 4.79 Å². The normalized spacial score (nSPS) is 12.3. The molecule has 1 aromatic carbocycles. The van der Waals surface area contributed by atoms with Crippen LogP contribution in [-0.2, 0) is 4.74 Å². The molecule has 0 unspecified atom stereocenters. The molecule has 0 aliphatic carbocycles. The maximum Gasteiger partial charge on any atom is 0.339 e. The summed E-state index contributed by atoms with van der Waals surface area (Å²) in [5.41, 5.74) is 1.51. The van der Waals surface area contributed by atoms with Crippen molar-refractivity contribution in [1.29, 1.82) is 0 Å². The Morgan fingerprint density at radius 2 is 2.06 bits per heavy atom. The second-order valence-corrected chi connectivity index (χ2v) is 3.87. The number of carbonyl (C=O) groups is 1. The van der Waals surface area contributed by atoms with Crippen molar-refractivity contribution in [2.75, 3.05) is 7.11 Å². The SMILES string of the molecule is CO[C@@H](C)c1c(C(=O)O)cnn1-c1ccccc1. The number of aromatic carboxylic acids is 1. The minimum Gasteiger partial charge on any atom is -0.478 e. The Bertz CT molecular complexity index is 549. The van der Waals surface area contributed by atoms with Gasteiger partial charge in [-0.05, 0) is 19.1 Å². The number of carboxylic acids is 1. The van der Waals surface area contributed by atoms with Gasteiger partial charge in [0.1, 0.15) is 5.56 Å². The summed E-state index contributed by atoms with van der Waals surface area (Å²) in [5.74, 6) is -1.00. The van der Waals surface area contributed by atoms with Crippen molar-refractivity contribution < 1.29 is 14.6 Å². The van der Waals surface area contributed by atoms with E-state index in [2.05, 4.69) is 5.10 Å². The van der Waals surface area contributed by atoms with E-state index in [1.807, 2.05) is 30.3 Å². The molecule has 1 N–H and O–H groups in total. The van der Waals surface area contributed by atoms with E-state index < -0.39 is 5.97 Å². The summed E-state index contributed by atoms with van der Waals surface area (Å²) in [5, 5.41) is 13.3. The maximum atomic E-state index is 11.2. The molecule has 18 heavy (non-hydrogen) atoms. The van der Waals surface area contributed by atoms with E-state index in [4.69, 9.17) is 9.84 Å². The Hall–Kier alpha value is -2.14. The third-order valence-corrected chi connectivity index (χ3v) is 2.78. The lowest BCUT2D eigenvalue weighted by molar-refractivity contribution is 0.0681. The molecule has 0 aliphatic rings. The van der Waals surface area contributed by atoms with Gasteiger partial charge in [0.15, 0.2) is 0 Å². The highest BCUT2D eigenvalue weighted by atomic mass is 16.5. The molecule has 0 aliphatic heterocycles. The molecule has 2 rings (SSSR count). The van der Waals surface area contributed by atoms with E-state index >= 15 is 0 Å². The molecule has 5 nitrogen and oxygen atoms in total. The first-order valence-corrected chi connectivity index (χ1v) is 5.54. The molecular formula is C13H14N2O3. The number of methoxy groups -OCH3 is 1.